The first-order chi connectivity index (χ1) is 7.61. The molecule has 16 heavy (non-hydrogen) atoms. The maximum absolute atomic E-state index is 8.90. The van der Waals surface area contributed by atoms with Gasteiger partial charge in [0, 0.05) is 30.2 Å². The number of halogens is 1. The molecule has 0 N–H and O–H groups in total. The van der Waals surface area contributed by atoms with Crippen LogP contribution in [0.3, 0.4) is 0 Å². The van der Waals surface area contributed by atoms with Crippen LogP contribution in [0.25, 0.3) is 10.9 Å². The van der Waals surface area contributed by atoms with Gasteiger partial charge in [0.1, 0.15) is 11.8 Å². The minimum absolute atomic E-state index is 0.415. The average molecular weight is 232 g/mol. The van der Waals surface area contributed by atoms with Crippen LogP contribution in [0, 0.1) is 11.3 Å². The third-order valence-corrected chi connectivity index (χ3v) is 2.58. The van der Waals surface area contributed by atoms with Crippen molar-refractivity contribution >= 4 is 28.2 Å². The van der Waals surface area contributed by atoms with Gasteiger partial charge in [-0.05, 0) is 24.3 Å². The van der Waals surface area contributed by atoms with Gasteiger partial charge in [0.15, 0.2) is 0 Å². The Balaban J connectivity index is 2.83. The number of nitrogens with zero attached hydrogens (tertiary/aromatic N) is 3. The van der Waals surface area contributed by atoms with Gasteiger partial charge >= 0.3 is 0 Å². The van der Waals surface area contributed by atoms with Crippen molar-refractivity contribution in [3.05, 3.63) is 35.0 Å². The van der Waals surface area contributed by atoms with Crippen LogP contribution < -0.4 is 4.90 Å². The summed E-state index contributed by atoms with van der Waals surface area (Å²) in [6.45, 7) is 0. The molecular weight excluding hydrogens is 222 g/mol. The van der Waals surface area contributed by atoms with Gasteiger partial charge in [-0.25, -0.2) is 4.98 Å². The van der Waals surface area contributed by atoms with E-state index < -0.39 is 0 Å². The first kappa shape index (κ1) is 10.7. The average Bonchev–Trinajstić information content (AvgIpc) is 2.27. The lowest BCUT2D eigenvalue weighted by Crippen LogP contribution is -2.10. The minimum atomic E-state index is 0.415. The van der Waals surface area contributed by atoms with Crippen molar-refractivity contribution in [2.75, 3.05) is 19.0 Å². The summed E-state index contributed by atoms with van der Waals surface area (Å²) < 4.78 is 0. The van der Waals surface area contributed by atoms with Crippen LogP contribution in [-0.2, 0) is 0 Å². The second-order valence-electron chi connectivity index (χ2n) is 3.69. The van der Waals surface area contributed by atoms with Crippen LogP contribution in [0.4, 0.5) is 5.69 Å². The fourth-order valence-corrected chi connectivity index (χ4v) is 1.78. The number of nitriles is 1. The van der Waals surface area contributed by atoms with Crippen molar-refractivity contribution in [3.63, 3.8) is 0 Å². The number of benzene rings is 1. The summed E-state index contributed by atoms with van der Waals surface area (Å²) in [6, 6.07) is 9.28. The van der Waals surface area contributed by atoms with Gasteiger partial charge in [-0.15, -0.1) is 0 Å². The summed E-state index contributed by atoms with van der Waals surface area (Å²) in [7, 11) is 3.85. The van der Waals surface area contributed by atoms with Crippen molar-refractivity contribution in [3.8, 4) is 6.07 Å². The van der Waals surface area contributed by atoms with E-state index in [9.17, 15) is 0 Å². The van der Waals surface area contributed by atoms with E-state index in [0.29, 0.717) is 10.7 Å². The topological polar surface area (TPSA) is 39.9 Å². The van der Waals surface area contributed by atoms with Crippen molar-refractivity contribution in [2.45, 2.75) is 0 Å². The smallest absolute Gasteiger partial charge is 0.143 e. The molecule has 1 aromatic heterocycles. The molecule has 0 saturated carbocycles. The van der Waals surface area contributed by atoms with Gasteiger partial charge in [-0.2, -0.15) is 5.26 Å². The van der Waals surface area contributed by atoms with E-state index in [1.807, 2.05) is 31.1 Å². The lowest BCUT2D eigenvalue weighted by Gasteiger charge is -2.15. The normalized spacial score (nSPS) is 10.1. The largest absolute Gasteiger partial charge is 0.377 e. The van der Waals surface area contributed by atoms with E-state index in [-0.39, 0.29) is 0 Å². The van der Waals surface area contributed by atoms with Crippen molar-refractivity contribution in [1.82, 2.24) is 4.98 Å². The Morgan fingerprint density at radius 3 is 2.69 bits per heavy atom. The SMILES string of the molecule is CN(C)c1cc(C#N)nc2ccc(Cl)cc12. The lowest BCUT2D eigenvalue weighted by atomic mass is 10.1. The summed E-state index contributed by atoms with van der Waals surface area (Å²) in [4.78, 5) is 6.18. The Morgan fingerprint density at radius 2 is 2.06 bits per heavy atom. The molecule has 1 aromatic carbocycles. The quantitative estimate of drug-likeness (QED) is 0.758. The Morgan fingerprint density at radius 1 is 1.31 bits per heavy atom. The Hall–Kier alpha value is -1.79. The molecule has 0 spiro atoms. The molecular formula is C12H10ClN3. The molecule has 0 unspecified atom stereocenters. The number of aromatic nitrogens is 1. The molecule has 0 atom stereocenters. The number of rotatable bonds is 1. The van der Waals surface area contributed by atoms with Crippen molar-refractivity contribution < 1.29 is 0 Å². The molecule has 0 bridgehead atoms. The van der Waals surface area contributed by atoms with Crippen LogP contribution in [0.2, 0.25) is 5.02 Å². The first-order valence-electron chi connectivity index (χ1n) is 4.79. The summed E-state index contributed by atoms with van der Waals surface area (Å²) in [5.74, 6) is 0. The highest BCUT2D eigenvalue weighted by molar-refractivity contribution is 6.31. The molecule has 0 radical (unpaired) electrons. The van der Waals surface area contributed by atoms with Gasteiger partial charge in [-0.3, -0.25) is 0 Å². The summed E-state index contributed by atoms with van der Waals surface area (Å²) in [5, 5.41) is 10.5. The Bertz CT molecular complexity index is 585. The zero-order valence-electron chi connectivity index (χ0n) is 9.03. The minimum Gasteiger partial charge on any atom is -0.377 e. The van der Waals surface area contributed by atoms with Crippen LogP contribution in [0.1, 0.15) is 5.69 Å². The fraction of sp³-hybridized carbons (Fsp3) is 0.167. The van der Waals surface area contributed by atoms with Gasteiger partial charge in [-0.1, -0.05) is 11.6 Å². The molecule has 4 heteroatoms. The van der Waals surface area contributed by atoms with E-state index in [1.165, 1.54) is 0 Å². The fourth-order valence-electron chi connectivity index (χ4n) is 1.61. The van der Waals surface area contributed by atoms with Gasteiger partial charge in [0.2, 0.25) is 0 Å². The molecule has 80 valence electrons. The summed E-state index contributed by atoms with van der Waals surface area (Å²) in [5.41, 5.74) is 2.15. The third-order valence-electron chi connectivity index (χ3n) is 2.35. The van der Waals surface area contributed by atoms with Crippen LogP contribution in [-0.4, -0.2) is 19.1 Å². The Labute approximate surface area is 98.9 Å². The van der Waals surface area contributed by atoms with Gasteiger partial charge in [0.05, 0.1) is 5.52 Å². The monoisotopic (exact) mass is 231 g/mol. The second-order valence-corrected chi connectivity index (χ2v) is 4.13. The molecule has 3 nitrogen and oxygen atoms in total. The predicted octanol–water partition coefficient (Wildman–Crippen LogP) is 2.83. The van der Waals surface area contributed by atoms with Gasteiger partial charge in [0.25, 0.3) is 0 Å². The maximum atomic E-state index is 8.90. The zero-order valence-corrected chi connectivity index (χ0v) is 9.78. The maximum Gasteiger partial charge on any atom is 0.143 e. The predicted molar refractivity (Wildman–Crippen MR) is 65.8 cm³/mol. The molecule has 0 aliphatic heterocycles. The van der Waals surface area contributed by atoms with Crippen molar-refractivity contribution in [2.24, 2.45) is 0 Å². The molecule has 0 fully saturated rings. The van der Waals surface area contributed by atoms with Crippen LogP contribution >= 0.6 is 11.6 Å². The number of anilines is 1. The molecule has 2 aromatic rings. The number of fused-ring (bicyclic) bond motifs is 1. The lowest BCUT2D eigenvalue weighted by molar-refractivity contribution is 1.13. The van der Waals surface area contributed by atoms with Crippen molar-refractivity contribution in [1.29, 1.82) is 5.26 Å². The molecule has 0 amide bonds. The highest BCUT2D eigenvalue weighted by atomic mass is 35.5. The van der Waals surface area contributed by atoms with E-state index in [4.69, 9.17) is 16.9 Å². The number of pyridine rings is 1. The summed E-state index contributed by atoms with van der Waals surface area (Å²) >= 11 is 5.96. The molecule has 1 heterocycles. The highest BCUT2D eigenvalue weighted by Crippen LogP contribution is 2.27. The molecule has 2 rings (SSSR count). The number of hydrogen-bond donors (Lipinski definition) is 0. The zero-order chi connectivity index (χ0) is 11.7. The van der Waals surface area contributed by atoms with Gasteiger partial charge < -0.3 is 4.90 Å². The number of hydrogen-bond acceptors (Lipinski definition) is 3. The summed E-state index contributed by atoms with van der Waals surface area (Å²) in [6.07, 6.45) is 0. The van der Waals surface area contributed by atoms with E-state index in [1.54, 1.807) is 12.1 Å². The second kappa shape index (κ2) is 3.99. The van der Waals surface area contributed by atoms with E-state index in [0.717, 1.165) is 16.6 Å². The van der Waals surface area contributed by atoms with Crippen LogP contribution in [0.15, 0.2) is 24.3 Å². The van der Waals surface area contributed by atoms with Crippen LogP contribution in [0.5, 0.6) is 0 Å². The first-order valence-corrected chi connectivity index (χ1v) is 5.17. The standard InChI is InChI=1S/C12H10ClN3/c1-16(2)12-6-9(7-14)15-11-4-3-8(13)5-10(11)12/h3-6H,1-2H3. The van der Waals surface area contributed by atoms with E-state index in [2.05, 4.69) is 11.1 Å². The molecule has 0 saturated heterocycles. The molecule has 0 aliphatic carbocycles. The Kier molecular flexibility index (Phi) is 2.67. The van der Waals surface area contributed by atoms with E-state index >= 15 is 0 Å². The molecule has 0 aliphatic rings. The highest BCUT2D eigenvalue weighted by Gasteiger charge is 2.07. The third kappa shape index (κ3) is 1.80.